The summed E-state index contributed by atoms with van der Waals surface area (Å²) in [4.78, 5) is 4.33. The molecule has 3 heterocycles. The van der Waals surface area contributed by atoms with Crippen molar-refractivity contribution in [1.29, 1.82) is 0 Å². The first-order valence-corrected chi connectivity index (χ1v) is 10.6. The van der Waals surface area contributed by atoms with E-state index in [0.717, 1.165) is 17.8 Å². The topological polar surface area (TPSA) is 77.0 Å². The van der Waals surface area contributed by atoms with Crippen LogP contribution in [0.15, 0.2) is 40.4 Å². The number of hydrogen-bond acceptors (Lipinski definition) is 6. The number of nitrogens with zero attached hydrogens (tertiary/aromatic N) is 7. The van der Waals surface area contributed by atoms with Gasteiger partial charge in [0.05, 0.1) is 19.7 Å². The molecule has 0 saturated heterocycles. The van der Waals surface area contributed by atoms with Gasteiger partial charge in [-0.1, -0.05) is 42.9 Å². The van der Waals surface area contributed by atoms with Gasteiger partial charge in [0.15, 0.2) is 24.4 Å². The van der Waals surface area contributed by atoms with E-state index >= 15 is 0 Å². The molecule has 0 N–H and O–H groups in total. The summed E-state index contributed by atoms with van der Waals surface area (Å²) in [5.74, 6) is 1.88. The van der Waals surface area contributed by atoms with Crippen LogP contribution >= 0.6 is 0 Å². The van der Waals surface area contributed by atoms with Gasteiger partial charge in [-0.2, -0.15) is 14.1 Å². The number of ether oxygens (including phenoxy) is 1. The second-order valence-electron chi connectivity index (χ2n) is 8.56. The van der Waals surface area contributed by atoms with E-state index in [1.165, 1.54) is 31.7 Å². The molecular weight excluding hydrogens is 397 g/mol. The number of aliphatic imine (C=N–C) groups is 1. The summed E-state index contributed by atoms with van der Waals surface area (Å²) in [6, 6.07) is 8.45. The summed E-state index contributed by atoms with van der Waals surface area (Å²) < 4.78 is 22.4. The van der Waals surface area contributed by atoms with Crippen LogP contribution in [0.2, 0.25) is 0 Å². The number of benzene rings is 1. The quantitative estimate of drug-likeness (QED) is 0.570. The maximum absolute atomic E-state index is 14.4. The van der Waals surface area contributed by atoms with Crippen molar-refractivity contribution in [3.63, 3.8) is 0 Å². The van der Waals surface area contributed by atoms with Gasteiger partial charge >= 0.3 is 0 Å². The Hall–Kier alpha value is -3.20. The maximum Gasteiger partial charge on any atom is 0.269 e. The molecule has 0 spiro atoms. The van der Waals surface area contributed by atoms with Gasteiger partial charge in [0, 0.05) is 5.56 Å². The Labute approximate surface area is 179 Å². The number of fused-ring (bicyclic) bond motifs is 1. The normalized spacial score (nSPS) is 18.1. The van der Waals surface area contributed by atoms with Crippen molar-refractivity contribution in [2.24, 2.45) is 16.0 Å². The fourth-order valence-electron chi connectivity index (χ4n) is 4.21. The monoisotopic (exact) mass is 422 g/mol. The number of amidine groups is 1. The van der Waals surface area contributed by atoms with Gasteiger partial charge in [0.1, 0.15) is 5.82 Å². The van der Waals surface area contributed by atoms with Crippen LogP contribution in [0.1, 0.15) is 31.2 Å². The Kier molecular flexibility index (Phi) is 4.97. The third-order valence-electron chi connectivity index (χ3n) is 6.05. The number of quaternary nitrogens is 1. The number of halogens is 1. The molecule has 160 valence electrons. The first-order chi connectivity index (χ1) is 15.0. The summed E-state index contributed by atoms with van der Waals surface area (Å²) in [7, 11) is 3.88. The largest absolute Gasteiger partial charge is 0.464 e. The molecule has 3 aromatic rings. The second kappa shape index (κ2) is 7.81. The maximum atomic E-state index is 14.4. The molecule has 1 aliphatic carbocycles. The van der Waals surface area contributed by atoms with Gasteiger partial charge in [-0.3, -0.25) is 0 Å². The van der Waals surface area contributed by atoms with Crippen LogP contribution in [0.5, 0.6) is 5.88 Å². The van der Waals surface area contributed by atoms with Crippen LogP contribution in [-0.4, -0.2) is 57.3 Å². The molecule has 1 saturated carbocycles. The van der Waals surface area contributed by atoms with E-state index in [2.05, 4.69) is 20.3 Å². The second-order valence-corrected chi connectivity index (χ2v) is 8.56. The lowest BCUT2D eigenvalue weighted by atomic mass is 9.99. The Morgan fingerprint density at radius 3 is 2.71 bits per heavy atom. The van der Waals surface area contributed by atoms with Crippen molar-refractivity contribution < 1.29 is 13.7 Å². The molecule has 2 aromatic heterocycles. The molecule has 1 fully saturated rings. The first-order valence-electron chi connectivity index (χ1n) is 10.6. The van der Waals surface area contributed by atoms with Crippen molar-refractivity contribution >= 4 is 17.8 Å². The van der Waals surface area contributed by atoms with Crippen LogP contribution in [-0.2, 0) is 6.42 Å². The van der Waals surface area contributed by atoms with E-state index in [1.54, 1.807) is 29.1 Å². The van der Waals surface area contributed by atoms with Crippen molar-refractivity contribution in [2.45, 2.75) is 32.1 Å². The third kappa shape index (κ3) is 3.81. The predicted molar refractivity (Wildman–Crippen MR) is 115 cm³/mol. The minimum absolute atomic E-state index is 0.264. The van der Waals surface area contributed by atoms with Crippen LogP contribution in [0.3, 0.4) is 0 Å². The lowest BCUT2D eigenvalue weighted by Gasteiger charge is -2.19. The van der Waals surface area contributed by atoms with E-state index in [4.69, 9.17) is 9.84 Å². The molecule has 0 bridgehead atoms. The standard InChI is InChI=1S/C22H25FN7O/c1-30(2)20(24-14-25-30)13-31-22-16(11-15-7-3-4-8-15)12-19-26-27-21(29(19)28-22)17-9-5-6-10-18(17)23/h5-6,9-10,12,14-15H,3-4,7-8,11,13H2,1-2H3/q+1. The summed E-state index contributed by atoms with van der Waals surface area (Å²) in [5.41, 5.74) is 1.93. The molecule has 1 aromatic carbocycles. The summed E-state index contributed by atoms with van der Waals surface area (Å²) in [6.07, 6.45) is 7.37. The molecule has 8 nitrogen and oxygen atoms in total. The average molecular weight is 422 g/mol. The molecule has 0 radical (unpaired) electrons. The van der Waals surface area contributed by atoms with E-state index in [9.17, 15) is 4.39 Å². The summed E-state index contributed by atoms with van der Waals surface area (Å²) in [6.45, 7) is 0.264. The minimum atomic E-state index is -0.368. The number of hydrogen-bond donors (Lipinski definition) is 0. The fraction of sp³-hybridized carbons (Fsp3) is 0.409. The summed E-state index contributed by atoms with van der Waals surface area (Å²) >= 11 is 0. The van der Waals surface area contributed by atoms with Crippen LogP contribution < -0.4 is 4.74 Å². The molecule has 0 unspecified atom stereocenters. The molecule has 1 aliphatic heterocycles. The molecule has 31 heavy (non-hydrogen) atoms. The molecular formula is C22H25FN7O+. The zero-order chi connectivity index (χ0) is 21.4. The Bertz CT molecular complexity index is 1180. The zero-order valence-electron chi connectivity index (χ0n) is 17.7. The average Bonchev–Trinajstić information content (AvgIpc) is 3.47. The number of rotatable bonds is 6. The Morgan fingerprint density at radius 2 is 1.97 bits per heavy atom. The van der Waals surface area contributed by atoms with Crippen molar-refractivity contribution in [3.05, 3.63) is 41.7 Å². The van der Waals surface area contributed by atoms with Crippen LogP contribution in [0, 0.1) is 11.7 Å². The fourth-order valence-corrected chi connectivity index (χ4v) is 4.21. The highest BCUT2D eigenvalue weighted by atomic mass is 19.1. The number of aromatic nitrogens is 4. The zero-order valence-corrected chi connectivity index (χ0v) is 17.7. The Morgan fingerprint density at radius 1 is 1.16 bits per heavy atom. The van der Waals surface area contributed by atoms with Crippen LogP contribution in [0.4, 0.5) is 4.39 Å². The van der Waals surface area contributed by atoms with Gasteiger partial charge in [-0.25, -0.2) is 4.39 Å². The van der Waals surface area contributed by atoms with Gasteiger partial charge in [-0.05, 0) is 30.5 Å². The van der Waals surface area contributed by atoms with Gasteiger partial charge < -0.3 is 4.74 Å². The highest BCUT2D eigenvalue weighted by molar-refractivity contribution is 5.87. The Balaban J connectivity index is 1.52. The van der Waals surface area contributed by atoms with E-state index in [-0.39, 0.29) is 12.4 Å². The van der Waals surface area contributed by atoms with E-state index in [1.807, 2.05) is 20.2 Å². The predicted octanol–water partition coefficient (Wildman–Crippen LogP) is 3.47. The highest BCUT2D eigenvalue weighted by Crippen LogP contribution is 2.32. The third-order valence-corrected chi connectivity index (χ3v) is 6.05. The van der Waals surface area contributed by atoms with Gasteiger partial charge in [0.25, 0.3) is 5.84 Å². The summed E-state index contributed by atoms with van der Waals surface area (Å²) in [5, 5.41) is 17.5. The van der Waals surface area contributed by atoms with Gasteiger partial charge in [0.2, 0.25) is 5.88 Å². The molecule has 2 aliphatic rings. The van der Waals surface area contributed by atoms with E-state index in [0.29, 0.717) is 33.4 Å². The molecule has 0 amide bonds. The van der Waals surface area contributed by atoms with Crippen molar-refractivity contribution in [2.75, 3.05) is 20.7 Å². The minimum Gasteiger partial charge on any atom is -0.464 e. The van der Waals surface area contributed by atoms with Gasteiger partial charge in [-0.15, -0.1) is 15.3 Å². The van der Waals surface area contributed by atoms with E-state index < -0.39 is 0 Å². The lowest BCUT2D eigenvalue weighted by Crippen LogP contribution is -2.41. The van der Waals surface area contributed by atoms with Crippen molar-refractivity contribution in [3.8, 4) is 17.3 Å². The highest BCUT2D eigenvalue weighted by Gasteiger charge is 2.29. The molecule has 0 atom stereocenters. The van der Waals surface area contributed by atoms with Crippen molar-refractivity contribution in [1.82, 2.24) is 19.8 Å². The molecule has 9 heteroatoms. The van der Waals surface area contributed by atoms with Crippen LogP contribution in [0.25, 0.3) is 17.0 Å². The molecule has 5 rings (SSSR count). The SMILES string of the molecule is C[N+]1(C)N=CN=C1COc1nn2c(-c3ccccc3F)nnc2cc1CC1CCCC1. The lowest BCUT2D eigenvalue weighted by molar-refractivity contribution is -0.804. The first kappa shape index (κ1) is 19.7. The number of likely N-dealkylation sites (N-methyl/N-ethyl adjacent to an activating group) is 1. The smallest absolute Gasteiger partial charge is 0.269 e.